The third kappa shape index (κ3) is 5.63. The molecule has 0 aliphatic carbocycles. The van der Waals surface area contributed by atoms with E-state index in [1.165, 1.54) is 6.20 Å². The Morgan fingerprint density at radius 1 is 1.09 bits per heavy atom. The molecule has 4 aromatic rings. The number of aliphatic hydroxyl groups is 1. The van der Waals surface area contributed by atoms with Crippen LogP contribution in [0.4, 0.5) is 24.5 Å². The van der Waals surface area contributed by atoms with E-state index in [9.17, 15) is 14.3 Å². The molecule has 2 saturated heterocycles. The van der Waals surface area contributed by atoms with Crippen LogP contribution in [0.5, 0.6) is 0 Å². The van der Waals surface area contributed by atoms with Gasteiger partial charge in [-0.2, -0.15) is 0 Å². The molecular weight excluding hydrogens is 577 g/mol. The SMILES string of the molecule is C[C@H]1CN(c2ccncc2NC(=O)c2ccc(F)c(-c3c(F)cc(C4(O)CCOCC4)cc3F)n2)C[C@@H](N)[C@H]1n1ccnn1. The summed E-state index contributed by atoms with van der Waals surface area (Å²) in [7, 11) is 0. The number of ether oxygens (including phenoxy) is 1. The smallest absolute Gasteiger partial charge is 0.274 e. The number of carbonyl (C=O) groups is 1. The molecule has 0 saturated carbocycles. The summed E-state index contributed by atoms with van der Waals surface area (Å²) in [4.78, 5) is 23.5. The first-order valence-electron chi connectivity index (χ1n) is 14.2. The van der Waals surface area contributed by atoms with Gasteiger partial charge in [0.2, 0.25) is 0 Å². The summed E-state index contributed by atoms with van der Waals surface area (Å²) in [5, 5.41) is 21.6. The van der Waals surface area contributed by atoms with Gasteiger partial charge in [-0.15, -0.1) is 5.10 Å². The lowest BCUT2D eigenvalue weighted by Crippen LogP contribution is -2.53. The van der Waals surface area contributed by atoms with Gasteiger partial charge in [-0.3, -0.25) is 9.78 Å². The quantitative estimate of drug-likeness (QED) is 0.300. The maximum Gasteiger partial charge on any atom is 0.274 e. The third-order valence-electron chi connectivity index (χ3n) is 8.31. The Kier molecular flexibility index (Phi) is 8.05. The van der Waals surface area contributed by atoms with Gasteiger partial charge in [0.25, 0.3) is 5.91 Å². The molecule has 11 nitrogen and oxygen atoms in total. The van der Waals surface area contributed by atoms with Gasteiger partial charge in [0.1, 0.15) is 28.8 Å². The van der Waals surface area contributed by atoms with Gasteiger partial charge in [0.15, 0.2) is 0 Å². The highest BCUT2D eigenvalue weighted by Gasteiger charge is 2.36. The molecule has 1 amide bonds. The van der Waals surface area contributed by atoms with Crippen molar-refractivity contribution < 1.29 is 27.8 Å². The largest absolute Gasteiger partial charge is 0.385 e. The molecule has 6 rings (SSSR count). The highest BCUT2D eigenvalue weighted by Crippen LogP contribution is 2.37. The van der Waals surface area contributed by atoms with Crippen LogP contribution in [0.15, 0.2) is 55.1 Å². The Balaban J connectivity index is 1.25. The fourth-order valence-electron chi connectivity index (χ4n) is 6.10. The van der Waals surface area contributed by atoms with Crippen LogP contribution in [-0.4, -0.2) is 68.3 Å². The predicted molar refractivity (Wildman–Crippen MR) is 154 cm³/mol. The number of rotatable bonds is 6. The molecule has 3 aromatic heterocycles. The van der Waals surface area contributed by atoms with Gasteiger partial charge < -0.3 is 25.8 Å². The number of nitrogens with two attached hydrogens (primary N) is 1. The summed E-state index contributed by atoms with van der Waals surface area (Å²) in [5.74, 6) is -3.89. The number of anilines is 2. The molecule has 2 aliphatic rings. The maximum absolute atomic E-state index is 15.3. The van der Waals surface area contributed by atoms with Crippen molar-refractivity contribution in [2.75, 3.05) is 36.5 Å². The number of nitrogens with zero attached hydrogens (tertiary/aromatic N) is 6. The molecule has 230 valence electrons. The minimum atomic E-state index is -1.47. The topological polar surface area (TPSA) is 144 Å². The number of piperidine rings is 1. The van der Waals surface area contributed by atoms with Crippen LogP contribution < -0.4 is 16.0 Å². The lowest BCUT2D eigenvalue weighted by Gasteiger charge is -2.42. The fourth-order valence-corrected chi connectivity index (χ4v) is 6.10. The Morgan fingerprint density at radius 2 is 1.84 bits per heavy atom. The van der Waals surface area contributed by atoms with Gasteiger partial charge >= 0.3 is 0 Å². The summed E-state index contributed by atoms with van der Waals surface area (Å²) in [6.45, 7) is 3.58. The third-order valence-corrected chi connectivity index (χ3v) is 8.31. The van der Waals surface area contributed by atoms with Gasteiger partial charge in [0.05, 0.1) is 41.0 Å². The van der Waals surface area contributed by atoms with Crippen molar-refractivity contribution in [3.63, 3.8) is 0 Å². The van der Waals surface area contributed by atoms with Crippen LogP contribution >= 0.6 is 0 Å². The lowest BCUT2D eigenvalue weighted by atomic mass is 9.85. The zero-order chi connectivity index (χ0) is 31.0. The standard InChI is InChI=1S/C30H31F3N8O3/c1-17-15-40(16-22(34)28(17)41-9-8-36-39-41)25-4-7-35-14-24(25)38-29(42)23-3-2-19(31)27(37-23)26-20(32)12-18(13-21(26)33)30(43)5-10-44-11-6-30/h2-4,7-9,12-14,17,22,28,43H,5-6,10-11,15-16,34H2,1H3,(H,38,42)/t17-,22+,28-/m0/s1. The van der Waals surface area contributed by atoms with Gasteiger partial charge in [-0.25, -0.2) is 22.8 Å². The Hall–Kier alpha value is -4.40. The van der Waals surface area contributed by atoms with E-state index in [2.05, 4.69) is 32.5 Å². The first-order valence-corrected chi connectivity index (χ1v) is 14.2. The number of benzene rings is 1. The molecule has 0 radical (unpaired) electrons. The zero-order valence-electron chi connectivity index (χ0n) is 23.8. The van der Waals surface area contributed by atoms with E-state index in [1.807, 2.05) is 4.90 Å². The molecule has 14 heteroatoms. The monoisotopic (exact) mass is 608 g/mol. The molecule has 44 heavy (non-hydrogen) atoms. The number of hydrogen-bond acceptors (Lipinski definition) is 9. The highest BCUT2D eigenvalue weighted by molar-refractivity contribution is 6.04. The van der Waals surface area contributed by atoms with E-state index in [1.54, 1.807) is 29.3 Å². The fraction of sp³-hybridized carbons (Fsp3) is 0.367. The number of halogens is 3. The number of amides is 1. The number of carbonyl (C=O) groups excluding carboxylic acids is 1. The van der Waals surface area contributed by atoms with Crippen LogP contribution in [0.2, 0.25) is 0 Å². The number of aromatic nitrogens is 5. The minimum absolute atomic E-state index is 0.0253. The number of hydrogen-bond donors (Lipinski definition) is 3. The Bertz CT molecular complexity index is 1630. The molecule has 0 spiro atoms. The molecule has 2 fully saturated rings. The van der Waals surface area contributed by atoms with E-state index in [0.29, 0.717) is 24.5 Å². The Labute approximate surface area is 250 Å². The van der Waals surface area contributed by atoms with Gasteiger partial charge in [-0.1, -0.05) is 12.1 Å². The molecule has 3 atom stereocenters. The van der Waals surface area contributed by atoms with E-state index < -0.39 is 40.2 Å². The van der Waals surface area contributed by atoms with Crippen molar-refractivity contribution in [1.29, 1.82) is 0 Å². The minimum Gasteiger partial charge on any atom is -0.385 e. The summed E-state index contributed by atoms with van der Waals surface area (Å²) in [6, 6.07) is 5.38. The summed E-state index contributed by atoms with van der Waals surface area (Å²) < 4.78 is 52.5. The van der Waals surface area contributed by atoms with E-state index in [-0.39, 0.29) is 55.3 Å². The van der Waals surface area contributed by atoms with Crippen LogP contribution in [0.3, 0.4) is 0 Å². The van der Waals surface area contributed by atoms with Crippen molar-refractivity contribution in [3.8, 4) is 11.3 Å². The number of pyridine rings is 2. The van der Waals surface area contributed by atoms with Crippen LogP contribution in [-0.2, 0) is 10.3 Å². The van der Waals surface area contributed by atoms with Crippen molar-refractivity contribution in [2.45, 2.75) is 37.5 Å². The molecular formula is C30H31F3N8O3. The lowest BCUT2D eigenvalue weighted by molar-refractivity contribution is -0.0682. The van der Waals surface area contributed by atoms with Crippen molar-refractivity contribution in [3.05, 3.63) is 83.8 Å². The first-order chi connectivity index (χ1) is 21.1. The molecule has 1 aromatic carbocycles. The van der Waals surface area contributed by atoms with E-state index in [4.69, 9.17) is 10.5 Å². The van der Waals surface area contributed by atoms with Crippen LogP contribution in [0.1, 0.15) is 41.9 Å². The normalized spacial score (nSPS) is 21.7. The highest BCUT2D eigenvalue weighted by atomic mass is 19.1. The average Bonchev–Trinajstić information content (AvgIpc) is 3.52. The summed E-state index contributed by atoms with van der Waals surface area (Å²) >= 11 is 0. The van der Waals surface area contributed by atoms with E-state index >= 15 is 8.78 Å². The second-order valence-electron chi connectivity index (χ2n) is 11.3. The summed E-state index contributed by atoms with van der Waals surface area (Å²) in [5.41, 5.74) is 4.44. The van der Waals surface area contributed by atoms with E-state index in [0.717, 1.165) is 24.3 Å². The van der Waals surface area contributed by atoms with Crippen molar-refractivity contribution in [1.82, 2.24) is 25.0 Å². The van der Waals surface area contributed by atoms with Crippen molar-refractivity contribution >= 4 is 17.3 Å². The zero-order valence-corrected chi connectivity index (χ0v) is 23.8. The molecule has 5 heterocycles. The second kappa shape index (κ2) is 11.9. The number of nitrogens with one attached hydrogen (secondary N) is 1. The van der Waals surface area contributed by atoms with Crippen LogP contribution in [0, 0.1) is 23.4 Å². The van der Waals surface area contributed by atoms with Gasteiger partial charge in [-0.05, 0) is 41.8 Å². The Morgan fingerprint density at radius 3 is 2.52 bits per heavy atom. The molecule has 0 bridgehead atoms. The van der Waals surface area contributed by atoms with Gasteiger partial charge in [0, 0.05) is 57.6 Å². The first kappa shape index (κ1) is 29.7. The molecule has 2 aliphatic heterocycles. The summed E-state index contributed by atoms with van der Waals surface area (Å²) in [6.07, 6.45) is 6.76. The molecule has 0 unspecified atom stereocenters. The van der Waals surface area contributed by atoms with Crippen molar-refractivity contribution in [2.24, 2.45) is 11.7 Å². The average molecular weight is 609 g/mol. The van der Waals surface area contributed by atoms with Crippen LogP contribution in [0.25, 0.3) is 11.3 Å². The predicted octanol–water partition coefficient (Wildman–Crippen LogP) is 3.43. The molecule has 4 N–H and O–H groups in total. The maximum atomic E-state index is 15.3. The second-order valence-corrected chi connectivity index (χ2v) is 11.3.